The van der Waals surface area contributed by atoms with Crippen molar-refractivity contribution in [1.29, 1.82) is 0 Å². The van der Waals surface area contributed by atoms with Gasteiger partial charge in [-0.05, 0) is 23.8 Å². The summed E-state index contributed by atoms with van der Waals surface area (Å²) in [6.45, 7) is 0.370. The van der Waals surface area contributed by atoms with Gasteiger partial charge in [-0.15, -0.1) is 0 Å². The van der Waals surface area contributed by atoms with Gasteiger partial charge in [0.05, 0.1) is 19.9 Å². The Morgan fingerprint density at radius 2 is 2.37 bits per heavy atom. The van der Waals surface area contributed by atoms with Gasteiger partial charge in [-0.3, -0.25) is 15.1 Å². The van der Waals surface area contributed by atoms with Crippen LogP contribution >= 0.6 is 0 Å². The summed E-state index contributed by atoms with van der Waals surface area (Å²) in [6.07, 6.45) is 4.81. The van der Waals surface area contributed by atoms with E-state index in [1.807, 2.05) is 12.1 Å². The van der Waals surface area contributed by atoms with Crippen LogP contribution in [0.3, 0.4) is 0 Å². The Balaban J connectivity index is 1.98. The highest BCUT2D eigenvalue weighted by Gasteiger charge is 2.11. The van der Waals surface area contributed by atoms with Crippen molar-refractivity contribution in [3.8, 4) is 0 Å². The van der Waals surface area contributed by atoms with E-state index in [9.17, 15) is 4.79 Å². The minimum atomic E-state index is -0.406. The Kier molecular flexibility index (Phi) is 4.28. The predicted octanol–water partition coefficient (Wildman–Crippen LogP) is 1.61. The molecule has 19 heavy (non-hydrogen) atoms. The molecule has 2 heterocycles. The zero-order valence-electron chi connectivity index (χ0n) is 10.4. The number of hydrogen-bond acceptors (Lipinski definition) is 5. The average Bonchev–Trinajstić information content (AvgIpc) is 2.98. The van der Waals surface area contributed by atoms with E-state index in [0.29, 0.717) is 6.54 Å². The molecule has 2 rings (SSSR count). The Morgan fingerprint density at radius 1 is 1.47 bits per heavy atom. The maximum absolute atomic E-state index is 11.7. The third-order valence-corrected chi connectivity index (χ3v) is 2.29. The van der Waals surface area contributed by atoms with Crippen molar-refractivity contribution >= 4 is 11.9 Å². The van der Waals surface area contributed by atoms with Gasteiger partial charge in [-0.25, -0.2) is 4.99 Å². The second-order valence-electron chi connectivity index (χ2n) is 3.62. The van der Waals surface area contributed by atoms with Crippen LogP contribution in [0, 0.1) is 0 Å². The number of nitrogens with zero attached hydrogens (tertiary/aromatic N) is 2. The predicted molar refractivity (Wildman–Crippen MR) is 68.6 cm³/mol. The fraction of sp³-hybridized carbons (Fsp3) is 0.154. The van der Waals surface area contributed by atoms with Crippen LogP contribution in [0.1, 0.15) is 16.1 Å². The van der Waals surface area contributed by atoms with E-state index in [1.165, 1.54) is 13.4 Å². The smallest absolute Gasteiger partial charge is 0.294 e. The molecule has 0 aliphatic carbocycles. The van der Waals surface area contributed by atoms with Crippen molar-refractivity contribution in [1.82, 2.24) is 10.3 Å². The summed E-state index contributed by atoms with van der Waals surface area (Å²) in [5, 5.41) is 2.51. The summed E-state index contributed by atoms with van der Waals surface area (Å²) >= 11 is 0. The van der Waals surface area contributed by atoms with E-state index < -0.39 is 5.91 Å². The first kappa shape index (κ1) is 12.8. The van der Waals surface area contributed by atoms with Crippen molar-refractivity contribution in [3.05, 3.63) is 54.2 Å². The summed E-state index contributed by atoms with van der Waals surface area (Å²) in [5.74, 6) is -0.206. The van der Waals surface area contributed by atoms with Gasteiger partial charge in [0.25, 0.3) is 11.9 Å². The lowest BCUT2D eigenvalue weighted by atomic mass is 10.3. The summed E-state index contributed by atoms with van der Waals surface area (Å²) in [6, 6.07) is 7.03. The molecule has 0 aliphatic rings. The third kappa shape index (κ3) is 3.67. The van der Waals surface area contributed by atoms with Crippen molar-refractivity contribution in [2.24, 2.45) is 4.99 Å². The number of hydrogen-bond donors (Lipinski definition) is 1. The third-order valence-electron chi connectivity index (χ3n) is 2.29. The molecule has 0 bridgehead atoms. The first-order valence-corrected chi connectivity index (χ1v) is 5.62. The fourth-order valence-electron chi connectivity index (χ4n) is 1.38. The maximum Gasteiger partial charge on any atom is 0.294 e. The molecule has 1 N–H and O–H groups in total. The molecule has 0 spiro atoms. The van der Waals surface area contributed by atoms with Gasteiger partial charge in [-0.2, -0.15) is 0 Å². The molecular formula is C13H13N3O3. The monoisotopic (exact) mass is 259 g/mol. The number of amidine groups is 1. The van der Waals surface area contributed by atoms with E-state index in [-0.39, 0.29) is 11.8 Å². The Morgan fingerprint density at radius 3 is 3.00 bits per heavy atom. The zero-order valence-corrected chi connectivity index (χ0v) is 10.4. The number of carbonyl (C=O) groups excluding carboxylic acids is 1. The molecule has 6 nitrogen and oxygen atoms in total. The molecule has 0 fully saturated rings. The van der Waals surface area contributed by atoms with Gasteiger partial charge in [0.1, 0.15) is 0 Å². The van der Waals surface area contributed by atoms with Crippen LogP contribution in [0.4, 0.5) is 0 Å². The first-order chi connectivity index (χ1) is 9.29. The molecular weight excluding hydrogens is 246 g/mol. The largest absolute Gasteiger partial charge is 0.468 e. The van der Waals surface area contributed by atoms with Crippen LogP contribution in [-0.2, 0) is 11.3 Å². The molecule has 2 aromatic rings. The van der Waals surface area contributed by atoms with E-state index in [1.54, 1.807) is 24.5 Å². The van der Waals surface area contributed by atoms with Crippen molar-refractivity contribution in [2.45, 2.75) is 6.54 Å². The SMILES string of the molecule is COC(=NCc1cccnc1)NC(=O)c1ccco1. The van der Waals surface area contributed by atoms with Crippen molar-refractivity contribution in [3.63, 3.8) is 0 Å². The van der Waals surface area contributed by atoms with Gasteiger partial charge >= 0.3 is 0 Å². The zero-order chi connectivity index (χ0) is 13.5. The van der Waals surface area contributed by atoms with Crippen LogP contribution in [0.15, 0.2) is 52.3 Å². The van der Waals surface area contributed by atoms with Gasteiger partial charge in [0.2, 0.25) is 0 Å². The number of ether oxygens (including phenoxy) is 1. The quantitative estimate of drug-likeness (QED) is 0.671. The lowest BCUT2D eigenvalue weighted by Gasteiger charge is -2.05. The summed E-state index contributed by atoms with van der Waals surface area (Å²) < 4.78 is 9.97. The number of carbonyl (C=O) groups is 1. The number of amides is 1. The van der Waals surface area contributed by atoms with Crippen LogP contribution in [0.2, 0.25) is 0 Å². The second-order valence-corrected chi connectivity index (χ2v) is 3.62. The highest BCUT2D eigenvalue weighted by molar-refractivity contribution is 6.02. The highest BCUT2D eigenvalue weighted by Crippen LogP contribution is 2.01. The minimum absolute atomic E-state index is 0.130. The lowest BCUT2D eigenvalue weighted by Crippen LogP contribution is -2.31. The summed E-state index contributed by atoms with van der Waals surface area (Å²) in [5.41, 5.74) is 0.921. The van der Waals surface area contributed by atoms with Gasteiger partial charge in [0.15, 0.2) is 5.76 Å². The van der Waals surface area contributed by atoms with Crippen LogP contribution < -0.4 is 5.32 Å². The second kappa shape index (κ2) is 6.34. The highest BCUT2D eigenvalue weighted by atomic mass is 16.5. The molecule has 0 radical (unpaired) electrons. The van der Waals surface area contributed by atoms with Gasteiger partial charge < -0.3 is 9.15 Å². The molecule has 0 aromatic carbocycles. The molecule has 0 saturated heterocycles. The Bertz CT molecular complexity index is 550. The van der Waals surface area contributed by atoms with E-state index in [0.717, 1.165) is 5.56 Å². The number of nitrogens with one attached hydrogen (secondary N) is 1. The molecule has 6 heteroatoms. The topological polar surface area (TPSA) is 76.7 Å². The van der Waals surface area contributed by atoms with Crippen LogP contribution in [0.5, 0.6) is 0 Å². The van der Waals surface area contributed by atoms with Gasteiger partial charge in [0, 0.05) is 12.4 Å². The van der Waals surface area contributed by atoms with Crippen LogP contribution in [-0.4, -0.2) is 24.0 Å². The molecule has 1 amide bonds. The number of pyridine rings is 1. The van der Waals surface area contributed by atoms with E-state index in [4.69, 9.17) is 9.15 Å². The van der Waals surface area contributed by atoms with E-state index in [2.05, 4.69) is 15.3 Å². The van der Waals surface area contributed by atoms with Gasteiger partial charge in [-0.1, -0.05) is 6.07 Å². The minimum Gasteiger partial charge on any atom is -0.468 e. The first-order valence-electron chi connectivity index (χ1n) is 5.62. The van der Waals surface area contributed by atoms with Crippen molar-refractivity contribution < 1.29 is 13.9 Å². The lowest BCUT2D eigenvalue weighted by molar-refractivity contribution is 0.0941. The Labute approximate surface area is 110 Å². The normalized spacial score (nSPS) is 11.1. The van der Waals surface area contributed by atoms with Crippen LogP contribution in [0.25, 0.3) is 0 Å². The maximum atomic E-state index is 11.7. The number of rotatable bonds is 3. The number of methoxy groups -OCH3 is 1. The molecule has 0 aliphatic heterocycles. The molecule has 0 atom stereocenters. The Hall–Kier alpha value is -2.63. The molecule has 2 aromatic heterocycles. The molecule has 0 unspecified atom stereocenters. The average molecular weight is 259 g/mol. The molecule has 0 saturated carbocycles. The molecule has 98 valence electrons. The van der Waals surface area contributed by atoms with Crippen molar-refractivity contribution in [2.75, 3.05) is 7.11 Å². The summed E-state index contributed by atoms with van der Waals surface area (Å²) in [7, 11) is 1.44. The number of furan rings is 1. The van der Waals surface area contributed by atoms with E-state index >= 15 is 0 Å². The fourth-order valence-corrected chi connectivity index (χ4v) is 1.38. The summed E-state index contributed by atoms with van der Waals surface area (Å²) in [4.78, 5) is 19.8. The standard InChI is InChI=1S/C13H13N3O3/c1-18-13(15-9-10-4-2-6-14-8-10)16-12(17)11-5-3-7-19-11/h2-8H,9H2,1H3,(H,15,16,17). The number of aromatic nitrogens is 1. The number of aliphatic imine (C=N–C) groups is 1.